The Bertz CT molecular complexity index is 696. The molecule has 1 fully saturated rings. The fourth-order valence-corrected chi connectivity index (χ4v) is 3.37. The van der Waals surface area contributed by atoms with Crippen LogP contribution in [-0.2, 0) is 0 Å². The first-order valence-corrected chi connectivity index (χ1v) is 8.78. The maximum Gasteiger partial charge on any atom is 0.256 e. The van der Waals surface area contributed by atoms with Crippen LogP contribution in [0.15, 0.2) is 42.6 Å². The molecule has 1 N–H and O–H groups in total. The van der Waals surface area contributed by atoms with E-state index in [1.165, 1.54) is 19.3 Å². The van der Waals surface area contributed by atoms with E-state index in [1.54, 1.807) is 0 Å². The van der Waals surface area contributed by atoms with Gasteiger partial charge in [0.05, 0.1) is 11.9 Å². The summed E-state index contributed by atoms with van der Waals surface area (Å²) in [5, 5.41) is 2.87. The molecule has 1 aromatic carbocycles. The summed E-state index contributed by atoms with van der Waals surface area (Å²) in [5.74, 6) is 0.471. The fraction of sp³-hybridized carbons (Fsp3) is 0.400. The Hall–Kier alpha value is -2.36. The highest BCUT2D eigenvalue weighted by Gasteiger charge is 2.21. The molecule has 0 spiro atoms. The van der Waals surface area contributed by atoms with Crippen LogP contribution in [0.4, 0.5) is 11.5 Å². The van der Waals surface area contributed by atoms with E-state index >= 15 is 0 Å². The van der Waals surface area contributed by atoms with E-state index in [9.17, 15) is 4.79 Å². The monoisotopic (exact) mass is 323 g/mol. The van der Waals surface area contributed by atoms with E-state index in [-0.39, 0.29) is 5.91 Å². The second-order valence-corrected chi connectivity index (χ2v) is 6.48. The first-order valence-electron chi connectivity index (χ1n) is 8.78. The SMILES string of the molecule is CCC1CCCCN1c1ccc(NC(=O)c2cccc(C)c2)nc1. The highest BCUT2D eigenvalue weighted by Crippen LogP contribution is 2.26. The number of amides is 1. The molecule has 0 saturated carbocycles. The first-order chi connectivity index (χ1) is 11.7. The van der Waals surface area contributed by atoms with Crippen molar-refractivity contribution in [3.05, 3.63) is 53.7 Å². The standard InChI is InChI=1S/C20H25N3O/c1-3-17-9-4-5-12-23(17)18-10-11-19(21-14-18)22-20(24)16-8-6-7-15(2)13-16/h6-8,10-11,13-14,17H,3-5,9,12H2,1-2H3,(H,21,22,24). The smallest absolute Gasteiger partial charge is 0.256 e. The van der Waals surface area contributed by atoms with Crippen molar-refractivity contribution >= 4 is 17.4 Å². The van der Waals surface area contributed by atoms with Gasteiger partial charge < -0.3 is 10.2 Å². The molecule has 4 heteroatoms. The molecule has 1 aliphatic heterocycles. The van der Waals surface area contributed by atoms with Crippen molar-refractivity contribution < 1.29 is 4.79 Å². The van der Waals surface area contributed by atoms with Gasteiger partial charge >= 0.3 is 0 Å². The minimum absolute atomic E-state index is 0.122. The van der Waals surface area contributed by atoms with E-state index in [0.29, 0.717) is 17.4 Å². The predicted octanol–water partition coefficient (Wildman–Crippen LogP) is 4.41. The zero-order chi connectivity index (χ0) is 16.9. The Balaban J connectivity index is 1.69. The van der Waals surface area contributed by atoms with Gasteiger partial charge in [0.2, 0.25) is 0 Å². The summed E-state index contributed by atoms with van der Waals surface area (Å²) >= 11 is 0. The molecule has 1 aromatic heterocycles. The molecule has 2 heterocycles. The Kier molecular flexibility index (Phi) is 5.14. The van der Waals surface area contributed by atoms with Gasteiger partial charge in [0, 0.05) is 18.2 Å². The average Bonchev–Trinajstić information content (AvgIpc) is 2.62. The third-order valence-corrected chi connectivity index (χ3v) is 4.70. The highest BCUT2D eigenvalue weighted by atomic mass is 16.1. The molecule has 4 nitrogen and oxygen atoms in total. The number of rotatable bonds is 4. The van der Waals surface area contributed by atoms with Gasteiger partial charge in [-0.05, 0) is 56.9 Å². The van der Waals surface area contributed by atoms with Gasteiger partial charge in [-0.25, -0.2) is 4.98 Å². The maximum absolute atomic E-state index is 12.3. The molecule has 0 aliphatic carbocycles. The lowest BCUT2D eigenvalue weighted by molar-refractivity contribution is 0.102. The second kappa shape index (κ2) is 7.47. The minimum Gasteiger partial charge on any atom is -0.367 e. The van der Waals surface area contributed by atoms with Gasteiger partial charge in [-0.3, -0.25) is 4.79 Å². The fourth-order valence-electron chi connectivity index (χ4n) is 3.37. The number of nitrogens with one attached hydrogen (secondary N) is 1. The number of nitrogens with zero attached hydrogens (tertiary/aromatic N) is 2. The van der Waals surface area contributed by atoms with Crippen LogP contribution in [-0.4, -0.2) is 23.5 Å². The molecule has 1 aliphatic rings. The zero-order valence-electron chi connectivity index (χ0n) is 14.5. The van der Waals surface area contributed by atoms with Crippen LogP contribution in [0.25, 0.3) is 0 Å². The molecule has 1 saturated heterocycles. The first kappa shape index (κ1) is 16.5. The lowest BCUT2D eigenvalue weighted by Gasteiger charge is -2.37. The molecule has 24 heavy (non-hydrogen) atoms. The zero-order valence-corrected chi connectivity index (χ0v) is 14.5. The molecule has 0 radical (unpaired) electrons. The number of carbonyl (C=O) groups excluding carboxylic acids is 1. The summed E-state index contributed by atoms with van der Waals surface area (Å²) in [5.41, 5.74) is 2.87. The number of aromatic nitrogens is 1. The van der Waals surface area contributed by atoms with Crippen LogP contribution >= 0.6 is 0 Å². The number of hydrogen-bond donors (Lipinski definition) is 1. The molecule has 1 unspecified atom stereocenters. The van der Waals surface area contributed by atoms with Crippen molar-refractivity contribution in [1.29, 1.82) is 0 Å². The number of piperidine rings is 1. The highest BCUT2D eigenvalue weighted by molar-refractivity contribution is 6.03. The molecule has 126 valence electrons. The van der Waals surface area contributed by atoms with E-state index in [2.05, 4.69) is 28.2 Å². The maximum atomic E-state index is 12.3. The van der Waals surface area contributed by atoms with Crippen LogP contribution in [0.5, 0.6) is 0 Å². The molecule has 1 atom stereocenters. The lowest BCUT2D eigenvalue weighted by atomic mass is 9.99. The molecule has 2 aromatic rings. The molecular weight excluding hydrogens is 298 g/mol. The van der Waals surface area contributed by atoms with Crippen molar-refractivity contribution in [3.63, 3.8) is 0 Å². The topological polar surface area (TPSA) is 45.2 Å². The molecule has 1 amide bonds. The van der Waals surface area contributed by atoms with Crippen molar-refractivity contribution in [2.45, 2.75) is 45.6 Å². The van der Waals surface area contributed by atoms with E-state index < -0.39 is 0 Å². The third-order valence-electron chi connectivity index (χ3n) is 4.70. The summed E-state index contributed by atoms with van der Waals surface area (Å²) in [7, 11) is 0. The Morgan fingerprint density at radius 3 is 2.88 bits per heavy atom. The van der Waals surface area contributed by atoms with E-state index in [0.717, 1.165) is 24.2 Å². The van der Waals surface area contributed by atoms with Crippen molar-refractivity contribution in [2.24, 2.45) is 0 Å². The molecular formula is C20H25N3O. The quantitative estimate of drug-likeness (QED) is 0.906. The van der Waals surface area contributed by atoms with Gasteiger partial charge in [-0.15, -0.1) is 0 Å². The van der Waals surface area contributed by atoms with Gasteiger partial charge in [0.25, 0.3) is 5.91 Å². The summed E-state index contributed by atoms with van der Waals surface area (Å²) in [6.07, 6.45) is 6.84. The summed E-state index contributed by atoms with van der Waals surface area (Å²) in [6, 6.07) is 12.1. The van der Waals surface area contributed by atoms with Crippen LogP contribution < -0.4 is 10.2 Å². The van der Waals surface area contributed by atoms with Crippen molar-refractivity contribution in [2.75, 3.05) is 16.8 Å². The van der Waals surface area contributed by atoms with Crippen LogP contribution in [0, 0.1) is 6.92 Å². The largest absolute Gasteiger partial charge is 0.367 e. The predicted molar refractivity (Wildman–Crippen MR) is 98.6 cm³/mol. The molecule has 0 bridgehead atoms. The van der Waals surface area contributed by atoms with Crippen molar-refractivity contribution in [3.8, 4) is 0 Å². The average molecular weight is 323 g/mol. The number of anilines is 2. The second-order valence-electron chi connectivity index (χ2n) is 6.48. The number of carbonyl (C=O) groups is 1. The molecule has 3 rings (SSSR count). The Morgan fingerprint density at radius 2 is 2.17 bits per heavy atom. The summed E-state index contributed by atoms with van der Waals surface area (Å²) < 4.78 is 0. The summed E-state index contributed by atoms with van der Waals surface area (Å²) in [4.78, 5) is 19.2. The number of aryl methyl sites for hydroxylation is 1. The van der Waals surface area contributed by atoms with Gasteiger partial charge in [0.1, 0.15) is 5.82 Å². The number of pyridine rings is 1. The third kappa shape index (κ3) is 3.75. The van der Waals surface area contributed by atoms with Crippen LogP contribution in [0.1, 0.15) is 48.5 Å². The van der Waals surface area contributed by atoms with Crippen LogP contribution in [0.2, 0.25) is 0 Å². The van der Waals surface area contributed by atoms with Crippen molar-refractivity contribution in [1.82, 2.24) is 4.98 Å². The Labute approximate surface area is 143 Å². The van der Waals surface area contributed by atoms with E-state index in [4.69, 9.17) is 0 Å². The minimum atomic E-state index is -0.122. The van der Waals surface area contributed by atoms with E-state index in [1.807, 2.05) is 43.5 Å². The summed E-state index contributed by atoms with van der Waals surface area (Å²) in [6.45, 7) is 5.31. The van der Waals surface area contributed by atoms with Gasteiger partial charge in [-0.1, -0.05) is 24.6 Å². The van der Waals surface area contributed by atoms with Gasteiger partial charge in [0.15, 0.2) is 0 Å². The van der Waals surface area contributed by atoms with Gasteiger partial charge in [-0.2, -0.15) is 0 Å². The Morgan fingerprint density at radius 1 is 1.29 bits per heavy atom. The number of benzene rings is 1. The normalized spacial score (nSPS) is 17.6. The van der Waals surface area contributed by atoms with Crippen LogP contribution in [0.3, 0.4) is 0 Å². The lowest BCUT2D eigenvalue weighted by Crippen LogP contribution is -2.39. The number of hydrogen-bond acceptors (Lipinski definition) is 3.